The van der Waals surface area contributed by atoms with Crippen molar-refractivity contribution in [3.05, 3.63) is 51.3 Å². The number of nitrogens with one attached hydrogen (secondary N) is 1. The molecule has 0 aliphatic carbocycles. The molecule has 1 amide bonds. The Labute approximate surface area is 120 Å². The summed E-state index contributed by atoms with van der Waals surface area (Å²) in [5.41, 5.74) is 3.69. The van der Waals surface area contributed by atoms with E-state index in [2.05, 4.69) is 31.4 Å². The molecular formula is C14H14BrN3O. The van der Waals surface area contributed by atoms with Crippen LogP contribution in [0.15, 0.2) is 28.7 Å². The van der Waals surface area contributed by atoms with Gasteiger partial charge in [-0.15, -0.1) is 0 Å². The lowest BCUT2D eigenvalue weighted by Crippen LogP contribution is -2.15. The van der Waals surface area contributed by atoms with E-state index in [1.165, 1.54) is 0 Å². The first-order chi connectivity index (χ1) is 8.97. The van der Waals surface area contributed by atoms with Crippen LogP contribution in [0.1, 0.15) is 27.3 Å². The Balaban J connectivity index is 2.30. The van der Waals surface area contributed by atoms with Gasteiger partial charge in [0.05, 0.1) is 17.0 Å². The summed E-state index contributed by atoms with van der Waals surface area (Å²) >= 11 is 3.39. The molecule has 5 heteroatoms. The molecule has 0 spiro atoms. The fourth-order valence-corrected chi connectivity index (χ4v) is 2.06. The monoisotopic (exact) mass is 319 g/mol. The van der Waals surface area contributed by atoms with Gasteiger partial charge in [0.15, 0.2) is 0 Å². The molecule has 4 nitrogen and oxygen atoms in total. The summed E-state index contributed by atoms with van der Waals surface area (Å²) in [6, 6.07) is 7.51. The second-order valence-electron chi connectivity index (χ2n) is 4.40. The van der Waals surface area contributed by atoms with Gasteiger partial charge in [0, 0.05) is 10.2 Å². The van der Waals surface area contributed by atoms with Gasteiger partial charge < -0.3 is 5.32 Å². The van der Waals surface area contributed by atoms with Crippen LogP contribution in [0.4, 0.5) is 5.69 Å². The minimum absolute atomic E-state index is 0.170. The highest BCUT2D eigenvalue weighted by atomic mass is 79.9. The number of hydrogen-bond donors (Lipinski definition) is 1. The number of aryl methyl sites for hydroxylation is 3. The maximum Gasteiger partial charge on any atom is 0.257 e. The molecule has 0 saturated heterocycles. The molecule has 0 aliphatic heterocycles. The summed E-state index contributed by atoms with van der Waals surface area (Å²) in [5, 5.41) is 10.8. The molecule has 0 atom stereocenters. The second-order valence-corrected chi connectivity index (χ2v) is 5.31. The number of carbonyl (C=O) groups is 1. The van der Waals surface area contributed by atoms with Crippen molar-refractivity contribution in [2.75, 3.05) is 5.32 Å². The molecule has 0 unspecified atom stereocenters. The number of amides is 1. The summed E-state index contributed by atoms with van der Waals surface area (Å²) in [7, 11) is 0. The van der Waals surface area contributed by atoms with Gasteiger partial charge in [-0.2, -0.15) is 10.2 Å². The molecule has 0 saturated carbocycles. The van der Waals surface area contributed by atoms with E-state index in [9.17, 15) is 4.79 Å². The van der Waals surface area contributed by atoms with E-state index >= 15 is 0 Å². The van der Waals surface area contributed by atoms with Crippen molar-refractivity contribution in [2.24, 2.45) is 0 Å². The molecule has 0 bridgehead atoms. The van der Waals surface area contributed by atoms with Gasteiger partial charge in [0.2, 0.25) is 0 Å². The van der Waals surface area contributed by atoms with Gasteiger partial charge in [-0.3, -0.25) is 4.79 Å². The average molecular weight is 320 g/mol. The molecule has 19 heavy (non-hydrogen) atoms. The summed E-state index contributed by atoms with van der Waals surface area (Å²) in [4.78, 5) is 12.3. The van der Waals surface area contributed by atoms with Crippen LogP contribution in [0.2, 0.25) is 0 Å². The fourth-order valence-electron chi connectivity index (χ4n) is 1.70. The van der Waals surface area contributed by atoms with Crippen molar-refractivity contribution >= 4 is 27.5 Å². The molecule has 98 valence electrons. The number of halogens is 1. The molecule has 1 N–H and O–H groups in total. The van der Waals surface area contributed by atoms with Crippen LogP contribution in [0.5, 0.6) is 0 Å². The standard InChI is InChI=1S/C14H14BrN3O/c1-8-4-5-11(15)7-13(8)16-14(19)12-6-9(2)17-18-10(12)3/h4-7H,1-3H3,(H,16,19). The van der Waals surface area contributed by atoms with E-state index in [1.54, 1.807) is 13.0 Å². The predicted molar refractivity (Wildman–Crippen MR) is 78.3 cm³/mol. The first kappa shape index (κ1) is 13.7. The van der Waals surface area contributed by atoms with E-state index in [0.29, 0.717) is 11.3 Å². The van der Waals surface area contributed by atoms with Crippen molar-refractivity contribution in [3.63, 3.8) is 0 Å². The Kier molecular flexibility index (Phi) is 3.95. The number of carbonyl (C=O) groups excluding carboxylic acids is 1. The summed E-state index contributed by atoms with van der Waals surface area (Å²) in [5.74, 6) is -0.170. The molecule has 1 heterocycles. The highest BCUT2D eigenvalue weighted by Gasteiger charge is 2.12. The zero-order valence-electron chi connectivity index (χ0n) is 11.0. The first-order valence-electron chi connectivity index (χ1n) is 5.86. The van der Waals surface area contributed by atoms with E-state index < -0.39 is 0 Å². The van der Waals surface area contributed by atoms with Gasteiger partial charge in [0.25, 0.3) is 5.91 Å². The summed E-state index contributed by atoms with van der Waals surface area (Å²) in [6.07, 6.45) is 0. The highest BCUT2D eigenvalue weighted by Crippen LogP contribution is 2.21. The Morgan fingerprint density at radius 2 is 1.89 bits per heavy atom. The predicted octanol–water partition coefficient (Wildman–Crippen LogP) is 3.42. The van der Waals surface area contributed by atoms with Crippen LogP contribution in [0.3, 0.4) is 0 Å². The van der Waals surface area contributed by atoms with Crippen LogP contribution in [-0.2, 0) is 0 Å². The third-order valence-electron chi connectivity index (χ3n) is 2.79. The quantitative estimate of drug-likeness (QED) is 0.922. The zero-order chi connectivity index (χ0) is 14.0. The average Bonchev–Trinajstić information content (AvgIpc) is 2.36. The SMILES string of the molecule is Cc1cc(C(=O)Nc2cc(Br)ccc2C)c(C)nn1. The number of aromatic nitrogens is 2. The Morgan fingerprint density at radius 1 is 1.16 bits per heavy atom. The summed E-state index contributed by atoms with van der Waals surface area (Å²) in [6.45, 7) is 5.54. The fraction of sp³-hybridized carbons (Fsp3) is 0.214. The number of anilines is 1. The van der Waals surface area contributed by atoms with Gasteiger partial charge in [0.1, 0.15) is 0 Å². The van der Waals surface area contributed by atoms with Crippen molar-refractivity contribution in [1.82, 2.24) is 10.2 Å². The molecule has 2 aromatic rings. The number of nitrogens with zero attached hydrogens (tertiary/aromatic N) is 2. The minimum Gasteiger partial charge on any atom is -0.322 e. The van der Waals surface area contributed by atoms with Crippen molar-refractivity contribution in [2.45, 2.75) is 20.8 Å². The van der Waals surface area contributed by atoms with Gasteiger partial charge in [-0.1, -0.05) is 22.0 Å². The maximum absolute atomic E-state index is 12.3. The van der Waals surface area contributed by atoms with Crippen molar-refractivity contribution in [1.29, 1.82) is 0 Å². The normalized spacial score (nSPS) is 10.3. The molecule has 2 rings (SSSR count). The zero-order valence-corrected chi connectivity index (χ0v) is 12.6. The van der Waals surface area contributed by atoms with Gasteiger partial charge in [-0.05, 0) is 44.5 Å². The molecule has 1 aromatic heterocycles. The second kappa shape index (κ2) is 5.48. The number of rotatable bonds is 2. The maximum atomic E-state index is 12.3. The highest BCUT2D eigenvalue weighted by molar-refractivity contribution is 9.10. The lowest BCUT2D eigenvalue weighted by atomic mass is 10.1. The van der Waals surface area contributed by atoms with E-state index in [-0.39, 0.29) is 5.91 Å². The van der Waals surface area contributed by atoms with Gasteiger partial charge in [-0.25, -0.2) is 0 Å². The largest absolute Gasteiger partial charge is 0.322 e. The Morgan fingerprint density at radius 3 is 2.63 bits per heavy atom. The molecular weight excluding hydrogens is 306 g/mol. The van der Waals surface area contributed by atoms with Crippen LogP contribution in [0.25, 0.3) is 0 Å². The molecule has 0 aliphatic rings. The lowest BCUT2D eigenvalue weighted by Gasteiger charge is -2.10. The molecule has 0 radical (unpaired) electrons. The minimum atomic E-state index is -0.170. The Bertz CT molecular complexity index is 641. The third-order valence-corrected chi connectivity index (χ3v) is 3.29. The smallest absolute Gasteiger partial charge is 0.257 e. The molecule has 0 fully saturated rings. The van der Waals surface area contributed by atoms with Crippen LogP contribution in [0, 0.1) is 20.8 Å². The van der Waals surface area contributed by atoms with Crippen LogP contribution < -0.4 is 5.32 Å². The topological polar surface area (TPSA) is 54.9 Å². The van der Waals surface area contributed by atoms with Crippen LogP contribution in [-0.4, -0.2) is 16.1 Å². The number of benzene rings is 1. The van der Waals surface area contributed by atoms with E-state index in [1.807, 2.05) is 32.0 Å². The first-order valence-corrected chi connectivity index (χ1v) is 6.65. The van der Waals surface area contributed by atoms with Crippen molar-refractivity contribution < 1.29 is 4.79 Å². The van der Waals surface area contributed by atoms with Crippen LogP contribution >= 0.6 is 15.9 Å². The summed E-state index contributed by atoms with van der Waals surface area (Å²) < 4.78 is 0.925. The van der Waals surface area contributed by atoms with E-state index in [4.69, 9.17) is 0 Å². The number of hydrogen-bond acceptors (Lipinski definition) is 3. The third kappa shape index (κ3) is 3.17. The van der Waals surface area contributed by atoms with Crippen molar-refractivity contribution in [3.8, 4) is 0 Å². The van der Waals surface area contributed by atoms with E-state index in [0.717, 1.165) is 21.4 Å². The molecule has 1 aromatic carbocycles. The lowest BCUT2D eigenvalue weighted by molar-refractivity contribution is 0.102. The Hall–Kier alpha value is -1.75. The van der Waals surface area contributed by atoms with Gasteiger partial charge >= 0.3 is 0 Å².